The zero-order valence-corrected chi connectivity index (χ0v) is 12.5. The molecule has 6 nitrogen and oxygen atoms in total. The van der Waals surface area contributed by atoms with Crippen LogP contribution >= 0.6 is 0 Å². The van der Waals surface area contributed by atoms with Gasteiger partial charge in [-0.25, -0.2) is 4.99 Å². The topological polar surface area (TPSA) is 77.0 Å². The number of rotatable bonds is 6. The summed E-state index contributed by atoms with van der Waals surface area (Å²) < 4.78 is 10.2. The van der Waals surface area contributed by atoms with Crippen molar-refractivity contribution in [1.82, 2.24) is 5.32 Å². The first-order chi connectivity index (χ1) is 10.1. The third-order valence-electron chi connectivity index (χ3n) is 2.53. The van der Waals surface area contributed by atoms with Gasteiger partial charge < -0.3 is 14.8 Å². The molecular formula is C15H20N2O4. The van der Waals surface area contributed by atoms with E-state index in [0.717, 1.165) is 0 Å². The van der Waals surface area contributed by atoms with E-state index in [2.05, 4.69) is 10.3 Å². The van der Waals surface area contributed by atoms with Crippen LogP contribution in [-0.4, -0.2) is 38.0 Å². The number of amides is 1. The molecule has 0 aromatic heterocycles. The lowest BCUT2D eigenvalue weighted by Gasteiger charge is -2.09. The third kappa shape index (κ3) is 5.25. The maximum Gasteiger partial charge on any atom is 0.315 e. The van der Waals surface area contributed by atoms with Crippen LogP contribution in [0.15, 0.2) is 29.3 Å². The second-order valence-corrected chi connectivity index (χ2v) is 4.02. The van der Waals surface area contributed by atoms with Gasteiger partial charge in [0.2, 0.25) is 0 Å². The van der Waals surface area contributed by atoms with Gasteiger partial charge in [-0.2, -0.15) is 0 Å². The van der Waals surface area contributed by atoms with Crippen molar-refractivity contribution in [3.8, 4) is 0 Å². The van der Waals surface area contributed by atoms with Crippen molar-refractivity contribution in [3.63, 3.8) is 0 Å². The summed E-state index contributed by atoms with van der Waals surface area (Å²) in [5.41, 5.74) is 0.866. The van der Waals surface area contributed by atoms with Gasteiger partial charge in [0.15, 0.2) is 5.90 Å². The van der Waals surface area contributed by atoms with E-state index < -0.39 is 5.97 Å². The van der Waals surface area contributed by atoms with Gasteiger partial charge in [0.1, 0.15) is 6.42 Å². The maximum absolute atomic E-state index is 11.8. The number of esters is 1. The average Bonchev–Trinajstić information content (AvgIpc) is 2.47. The molecule has 21 heavy (non-hydrogen) atoms. The van der Waals surface area contributed by atoms with Gasteiger partial charge in [-0.05, 0) is 26.0 Å². The normalized spacial score (nSPS) is 10.9. The van der Waals surface area contributed by atoms with Crippen LogP contribution in [0, 0.1) is 0 Å². The average molecular weight is 292 g/mol. The lowest BCUT2D eigenvalue weighted by molar-refractivity contribution is -0.141. The monoisotopic (exact) mass is 292 g/mol. The van der Waals surface area contributed by atoms with E-state index in [1.54, 1.807) is 45.2 Å². The van der Waals surface area contributed by atoms with E-state index in [-0.39, 0.29) is 18.2 Å². The minimum atomic E-state index is -0.415. The Morgan fingerprint density at radius 3 is 2.43 bits per heavy atom. The fourth-order valence-electron chi connectivity index (χ4n) is 1.66. The first-order valence-corrected chi connectivity index (χ1v) is 6.79. The summed E-state index contributed by atoms with van der Waals surface area (Å²) in [5, 5.41) is 2.55. The van der Waals surface area contributed by atoms with Gasteiger partial charge in [0, 0.05) is 7.05 Å². The molecular weight excluding hydrogens is 272 g/mol. The van der Waals surface area contributed by atoms with Gasteiger partial charge in [-0.3, -0.25) is 9.59 Å². The Morgan fingerprint density at radius 1 is 1.14 bits per heavy atom. The van der Waals surface area contributed by atoms with Crippen molar-refractivity contribution in [2.45, 2.75) is 20.3 Å². The molecule has 0 aliphatic heterocycles. The van der Waals surface area contributed by atoms with Crippen molar-refractivity contribution in [1.29, 1.82) is 0 Å². The molecule has 1 aromatic carbocycles. The number of carbonyl (C=O) groups is 2. The predicted molar refractivity (Wildman–Crippen MR) is 79.8 cm³/mol. The Balaban J connectivity index is 3.04. The number of carbonyl (C=O) groups excluding carboxylic acids is 2. The van der Waals surface area contributed by atoms with Crippen molar-refractivity contribution in [2.75, 3.05) is 20.3 Å². The van der Waals surface area contributed by atoms with Crippen molar-refractivity contribution in [3.05, 3.63) is 29.8 Å². The summed E-state index contributed by atoms with van der Waals surface area (Å²) in [5.74, 6) is -0.434. The Bertz CT molecular complexity index is 526. The third-order valence-corrected chi connectivity index (χ3v) is 2.53. The molecule has 0 radical (unpaired) electrons. The standard InChI is InChI=1S/C15H20N2O4/c1-4-20-13(10-14(18)21-5-2)17-12-9-7-6-8-11(12)15(19)16-3/h6-9H,4-5,10H2,1-3H3,(H,16,19). The van der Waals surface area contributed by atoms with Crippen LogP contribution in [0.5, 0.6) is 0 Å². The molecule has 0 fully saturated rings. The Hall–Kier alpha value is -2.37. The quantitative estimate of drug-likeness (QED) is 0.494. The number of aliphatic imine (C=N–C) groups is 1. The molecule has 0 atom stereocenters. The van der Waals surface area contributed by atoms with Gasteiger partial charge in [-0.1, -0.05) is 12.1 Å². The number of hydrogen-bond acceptors (Lipinski definition) is 5. The van der Waals surface area contributed by atoms with Crippen LogP contribution in [0.1, 0.15) is 30.6 Å². The summed E-state index contributed by atoms with van der Waals surface area (Å²) in [6.45, 7) is 4.20. The number of nitrogens with one attached hydrogen (secondary N) is 1. The molecule has 1 aromatic rings. The Morgan fingerprint density at radius 2 is 1.81 bits per heavy atom. The maximum atomic E-state index is 11.8. The van der Waals surface area contributed by atoms with Gasteiger partial charge in [0.25, 0.3) is 5.91 Å². The largest absolute Gasteiger partial charge is 0.481 e. The molecule has 0 spiro atoms. The first-order valence-electron chi connectivity index (χ1n) is 6.79. The highest BCUT2D eigenvalue weighted by molar-refractivity contribution is 6.01. The van der Waals surface area contributed by atoms with Crippen LogP contribution in [0.4, 0.5) is 5.69 Å². The summed E-state index contributed by atoms with van der Waals surface area (Å²) >= 11 is 0. The minimum Gasteiger partial charge on any atom is -0.481 e. The number of nitrogens with zero attached hydrogens (tertiary/aromatic N) is 1. The van der Waals surface area contributed by atoms with E-state index in [0.29, 0.717) is 24.5 Å². The Labute approximate surface area is 124 Å². The first kappa shape index (κ1) is 16.7. The summed E-state index contributed by atoms with van der Waals surface area (Å²) in [6, 6.07) is 6.86. The number of para-hydroxylation sites is 1. The fourth-order valence-corrected chi connectivity index (χ4v) is 1.66. The second-order valence-electron chi connectivity index (χ2n) is 4.02. The van der Waals surface area contributed by atoms with E-state index >= 15 is 0 Å². The van der Waals surface area contributed by atoms with Gasteiger partial charge >= 0.3 is 5.97 Å². The van der Waals surface area contributed by atoms with E-state index in [1.165, 1.54) is 0 Å². The van der Waals surface area contributed by atoms with Crippen LogP contribution < -0.4 is 5.32 Å². The molecule has 0 bridgehead atoms. The lowest BCUT2D eigenvalue weighted by atomic mass is 10.1. The molecule has 6 heteroatoms. The van der Waals surface area contributed by atoms with Gasteiger partial charge in [-0.15, -0.1) is 0 Å². The van der Waals surface area contributed by atoms with Crippen molar-refractivity contribution >= 4 is 23.5 Å². The summed E-state index contributed by atoms with van der Waals surface area (Å²) in [6.07, 6.45) is -0.0657. The number of hydrogen-bond donors (Lipinski definition) is 1. The van der Waals surface area contributed by atoms with Crippen LogP contribution in [0.2, 0.25) is 0 Å². The predicted octanol–water partition coefficient (Wildman–Crippen LogP) is 2.07. The fraction of sp³-hybridized carbons (Fsp3) is 0.400. The molecule has 114 valence electrons. The SMILES string of the molecule is CCOC(=O)CC(=Nc1ccccc1C(=O)NC)OCC. The van der Waals surface area contributed by atoms with Crippen LogP contribution in [-0.2, 0) is 14.3 Å². The minimum absolute atomic E-state index is 0.0657. The second kappa shape index (κ2) is 8.73. The Kier molecular flexibility index (Phi) is 6.94. The highest BCUT2D eigenvalue weighted by atomic mass is 16.5. The smallest absolute Gasteiger partial charge is 0.315 e. The zero-order chi connectivity index (χ0) is 15.7. The lowest BCUT2D eigenvalue weighted by Crippen LogP contribution is -2.18. The molecule has 1 amide bonds. The molecule has 1 rings (SSSR count). The molecule has 0 aliphatic rings. The van der Waals surface area contributed by atoms with Crippen molar-refractivity contribution in [2.24, 2.45) is 4.99 Å². The molecule has 0 heterocycles. The highest BCUT2D eigenvalue weighted by Crippen LogP contribution is 2.19. The molecule has 0 saturated carbocycles. The summed E-state index contributed by atoms with van der Waals surface area (Å²) in [4.78, 5) is 27.6. The van der Waals surface area contributed by atoms with E-state index in [1.807, 2.05) is 0 Å². The zero-order valence-electron chi connectivity index (χ0n) is 12.5. The number of benzene rings is 1. The van der Waals surface area contributed by atoms with Crippen LogP contribution in [0.3, 0.4) is 0 Å². The van der Waals surface area contributed by atoms with Gasteiger partial charge in [0.05, 0.1) is 24.5 Å². The van der Waals surface area contributed by atoms with E-state index in [9.17, 15) is 9.59 Å². The molecule has 0 unspecified atom stereocenters. The number of ether oxygens (including phenoxy) is 2. The van der Waals surface area contributed by atoms with Crippen molar-refractivity contribution < 1.29 is 19.1 Å². The molecule has 1 N–H and O–H groups in total. The highest BCUT2D eigenvalue weighted by Gasteiger charge is 2.13. The van der Waals surface area contributed by atoms with E-state index in [4.69, 9.17) is 9.47 Å². The molecule has 0 saturated heterocycles. The van der Waals surface area contributed by atoms with Crippen LogP contribution in [0.25, 0.3) is 0 Å². The summed E-state index contributed by atoms with van der Waals surface area (Å²) in [7, 11) is 1.55. The molecule has 0 aliphatic carbocycles.